The number of halogens is 2. The minimum absolute atomic E-state index is 0.0962. The van der Waals surface area contributed by atoms with E-state index in [1.54, 1.807) is 46.2 Å². The molecule has 3 aliphatic heterocycles. The second-order valence-electron chi connectivity index (χ2n) is 15.2. The topological polar surface area (TPSA) is 167 Å². The number of hydrogen-bond acceptors (Lipinski definition) is 12. The average molecular weight is 848 g/mol. The number of fused-ring (bicyclic) bond motifs is 1. The van der Waals surface area contributed by atoms with Crippen LogP contribution in [0, 0.1) is 10.1 Å². The molecule has 3 aliphatic rings. The highest BCUT2D eigenvalue weighted by atomic mass is 35.5. The van der Waals surface area contributed by atoms with Gasteiger partial charge in [0.05, 0.1) is 86.7 Å². The summed E-state index contributed by atoms with van der Waals surface area (Å²) in [4.78, 5) is 56.4. The molecule has 0 bridgehead atoms. The van der Waals surface area contributed by atoms with Crippen molar-refractivity contribution in [1.29, 1.82) is 0 Å². The number of aromatic nitrogens is 3. The standard InChI is InChI=1S/C41H45Cl2N9O7/c1-52(2,25-26-9-12-44-40(26)51(55)56)17-5-6-36(53)49-13-10-28(11-14-49)50-31-21-35(47-34-8-7-29(24-46-34)48-15-18-59-19-16-48)45-23-27(31)20-30(41(50)54)37-38(42)32(57-3)22-33(58-4)39(37)43/h5-8,12,20-24,28H,9-11,13-19,25H2,1-4H3/p+1/b6-5+. The summed E-state index contributed by atoms with van der Waals surface area (Å²) in [5.41, 5.74) is 2.51. The molecule has 16 nitrogen and oxygen atoms in total. The summed E-state index contributed by atoms with van der Waals surface area (Å²) >= 11 is 13.7. The van der Waals surface area contributed by atoms with Gasteiger partial charge in [0.15, 0.2) is 0 Å². The van der Waals surface area contributed by atoms with Crippen molar-refractivity contribution in [3.8, 4) is 22.6 Å². The molecule has 1 amide bonds. The Morgan fingerprint density at radius 1 is 1.02 bits per heavy atom. The molecule has 59 heavy (non-hydrogen) atoms. The van der Waals surface area contributed by atoms with Crippen LogP contribution in [0.3, 0.4) is 0 Å². The highest BCUT2D eigenvalue weighted by Crippen LogP contribution is 2.46. The zero-order valence-corrected chi connectivity index (χ0v) is 34.8. The predicted molar refractivity (Wildman–Crippen MR) is 228 cm³/mol. The van der Waals surface area contributed by atoms with Crippen molar-refractivity contribution in [2.45, 2.75) is 25.3 Å². The zero-order valence-electron chi connectivity index (χ0n) is 33.3. The van der Waals surface area contributed by atoms with E-state index in [4.69, 9.17) is 37.4 Å². The molecule has 0 atom stereocenters. The Hall–Kier alpha value is -5.55. The maximum atomic E-state index is 14.8. The summed E-state index contributed by atoms with van der Waals surface area (Å²) in [5.74, 6) is 1.44. The van der Waals surface area contributed by atoms with Crippen LogP contribution in [0.5, 0.6) is 11.5 Å². The van der Waals surface area contributed by atoms with Crippen LogP contribution in [0.1, 0.15) is 25.3 Å². The number of benzene rings is 1. The molecular formula is C41H46Cl2N9O7+. The minimum Gasteiger partial charge on any atom is -0.495 e. The molecule has 1 aromatic carbocycles. The number of likely N-dealkylation sites (N-methyl/N-ethyl adjacent to an activating group) is 1. The maximum absolute atomic E-state index is 14.8. The number of nitrogens with zero attached hydrogens (tertiary/aromatic N) is 8. The third-order valence-electron chi connectivity index (χ3n) is 10.8. The first-order valence-electron chi connectivity index (χ1n) is 19.2. The fourth-order valence-corrected chi connectivity index (χ4v) is 8.47. The van der Waals surface area contributed by atoms with Gasteiger partial charge in [-0.15, -0.1) is 0 Å². The summed E-state index contributed by atoms with van der Waals surface area (Å²) in [5, 5.41) is 15.7. The molecule has 6 heterocycles. The molecule has 18 heteroatoms. The number of carbonyl (C=O) groups is 1. The van der Waals surface area contributed by atoms with E-state index < -0.39 is 4.92 Å². The number of piperidine rings is 1. The monoisotopic (exact) mass is 846 g/mol. The van der Waals surface area contributed by atoms with E-state index in [0.29, 0.717) is 103 Å². The molecule has 1 N–H and O–H groups in total. The number of nitro groups is 1. The third kappa shape index (κ3) is 9.05. The van der Waals surface area contributed by atoms with Gasteiger partial charge in [-0.05, 0) is 42.0 Å². The van der Waals surface area contributed by atoms with Gasteiger partial charge in [0.25, 0.3) is 5.56 Å². The quantitative estimate of drug-likeness (QED) is 0.0713. The third-order valence-corrected chi connectivity index (χ3v) is 11.6. The smallest absolute Gasteiger partial charge is 0.368 e. The van der Waals surface area contributed by atoms with Crippen molar-refractivity contribution in [1.82, 2.24) is 19.4 Å². The van der Waals surface area contributed by atoms with Gasteiger partial charge < -0.3 is 48.5 Å². The Bertz CT molecular complexity index is 2370. The molecule has 0 radical (unpaired) electrons. The number of amides is 1. The van der Waals surface area contributed by atoms with Crippen LogP contribution in [-0.4, -0.2) is 122 Å². The normalized spacial score (nSPS) is 16.4. The SMILES string of the molecule is COc1cc(OC)c(Cl)c(-c2cc3cnc(Nc4ccc(N5CCOCC5)cn4)cc3n(C3CCN(C(=O)/C=C/C[N+](C)(C)CC4=C([N+](=O)[O-])N=CC4)CC3)c2=O)c1Cl. The van der Waals surface area contributed by atoms with Crippen molar-refractivity contribution >= 4 is 63.5 Å². The van der Waals surface area contributed by atoms with Gasteiger partial charge in [0.1, 0.15) is 35.9 Å². The van der Waals surface area contributed by atoms with Crippen LogP contribution in [0.2, 0.25) is 10.0 Å². The van der Waals surface area contributed by atoms with E-state index in [9.17, 15) is 19.7 Å². The molecule has 3 aromatic heterocycles. The average Bonchev–Trinajstić information content (AvgIpc) is 3.69. The number of pyridine rings is 3. The number of nitrogens with one attached hydrogen (secondary N) is 1. The number of quaternary nitrogens is 1. The lowest BCUT2D eigenvalue weighted by atomic mass is 10.00. The number of rotatable bonds is 13. The Balaban J connectivity index is 1.16. The lowest BCUT2D eigenvalue weighted by molar-refractivity contribution is -0.880. The Kier molecular flexibility index (Phi) is 12.5. The molecule has 0 aliphatic carbocycles. The number of likely N-dealkylation sites (tertiary alicyclic amines) is 1. The van der Waals surface area contributed by atoms with E-state index in [1.807, 2.05) is 38.5 Å². The number of anilines is 3. The fourth-order valence-electron chi connectivity index (χ4n) is 7.77. The van der Waals surface area contributed by atoms with Crippen LogP contribution in [0.25, 0.3) is 22.0 Å². The summed E-state index contributed by atoms with van der Waals surface area (Å²) in [6.45, 7) is 4.68. The summed E-state index contributed by atoms with van der Waals surface area (Å²) in [7, 11) is 6.86. The van der Waals surface area contributed by atoms with Crippen LogP contribution < -0.4 is 25.2 Å². The van der Waals surface area contributed by atoms with Gasteiger partial charge in [-0.1, -0.05) is 28.2 Å². The van der Waals surface area contributed by atoms with E-state index in [2.05, 4.69) is 25.2 Å². The molecule has 310 valence electrons. The highest BCUT2D eigenvalue weighted by molar-refractivity contribution is 6.41. The second-order valence-corrected chi connectivity index (χ2v) is 16.0. The Labute approximate surface area is 351 Å². The first-order valence-corrected chi connectivity index (χ1v) is 20.0. The number of hydrogen-bond donors (Lipinski definition) is 1. The fraction of sp³-hybridized carbons (Fsp3) is 0.390. The number of carbonyl (C=O) groups excluding carboxylic acids is 1. The van der Waals surface area contributed by atoms with Crippen molar-refractivity contribution < 1.29 is 28.4 Å². The molecule has 2 fully saturated rings. The second kappa shape index (κ2) is 17.7. The lowest BCUT2D eigenvalue weighted by Gasteiger charge is -2.33. The van der Waals surface area contributed by atoms with Crippen LogP contribution in [-0.2, 0) is 9.53 Å². The number of morpholine rings is 1. The molecule has 0 saturated carbocycles. The first kappa shape index (κ1) is 41.6. The van der Waals surface area contributed by atoms with Gasteiger partial charge in [0, 0.05) is 74.0 Å². The molecular weight excluding hydrogens is 801 g/mol. The van der Waals surface area contributed by atoms with Crippen molar-refractivity contribution in [3.63, 3.8) is 0 Å². The molecule has 0 unspecified atom stereocenters. The van der Waals surface area contributed by atoms with Crippen LogP contribution in [0.4, 0.5) is 17.3 Å². The summed E-state index contributed by atoms with van der Waals surface area (Å²) in [6.07, 6.45) is 9.86. The summed E-state index contributed by atoms with van der Waals surface area (Å²) in [6, 6.07) is 8.73. The van der Waals surface area contributed by atoms with Crippen LogP contribution >= 0.6 is 23.2 Å². The number of methoxy groups -OCH3 is 2. The van der Waals surface area contributed by atoms with Gasteiger partial charge in [-0.25, -0.2) is 9.97 Å². The van der Waals surface area contributed by atoms with Crippen LogP contribution in [0.15, 0.2) is 76.1 Å². The van der Waals surface area contributed by atoms with Gasteiger partial charge >= 0.3 is 5.82 Å². The molecule has 7 rings (SSSR count). The number of aliphatic imine (C=N–C) groups is 1. The van der Waals surface area contributed by atoms with E-state index in [-0.39, 0.29) is 44.5 Å². The largest absolute Gasteiger partial charge is 0.495 e. The van der Waals surface area contributed by atoms with Gasteiger partial charge in [-0.3, -0.25) is 9.59 Å². The first-order chi connectivity index (χ1) is 28.4. The minimum atomic E-state index is -0.452. The van der Waals surface area contributed by atoms with E-state index in [0.717, 1.165) is 18.8 Å². The van der Waals surface area contributed by atoms with Crippen molar-refractivity contribution in [2.75, 3.05) is 91.0 Å². The number of ether oxygens (including phenoxy) is 3. The van der Waals surface area contributed by atoms with E-state index >= 15 is 0 Å². The molecule has 0 spiro atoms. The predicted octanol–water partition coefficient (Wildman–Crippen LogP) is 6.12. The Morgan fingerprint density at radius 2 is 1.71 bits per heavy atom. The highest BCUT2D eigenvalue weighted by Gasteiger charge is 2.30. The lowest BCUT2D eigenvalue weighted by Crippen LogP contribution is -2.42. The summed E-state index contributed by atoms with van der Waals surface area (Å²) < 4.78 is 18.7. The molecule has 2 saturated heterocycles. The molecule has 4 aromatic rings. The van der Waals surface area contributed by atoms with E-state index in [1.165, 1.54) is 14.2 Å². The van der Waals surface area contributed by atoms with Gasteiger partial charge in [0.2, 0.25) is 5.91 Å². The maximum Gasteiger partial charge on any atom is 0.368 e. The van der Waals surface area contributed by atoms with Crippen molar-refractivity contribution in [2.24, 2.45) is 4.99 Å². The van der Waals surface area contributed by atoms with Gasteiger partial charge in [-0.2, -0.15) is 0 Å². The Morgan fingerprint density at radius 3 is 2.36 bits per heavy atom. The zero-order chi connectivity index (χ0) is 41.8. The van der Waals surface area contributed by atoms with Crippen molar-refractivity contribution in [3.05, 3.63) is 96.8 Å².